The van der Waals surface area contributed by atoms with Gasteiger partial charge in [0.05, 0.1) is 33.0 Å². The number of anilines is 1. The van der Waals surface area contributed by atoms with E-state index in [1.54, 1.807) is 28.9 Å². The van der Waals surface area contributed by atoms with Crippen LogP contribution in [-0.2, 0) is 27.7 Å². The first-order chi connectivity index (χ1) is 12.9. The Labute approximate surface area is 160 Å². The van der Waals surface area contributed by atoms with Gasteiger partial charge < -0.3 is 5.32 Å². The maximum absolute atomic E-state index is 11.9. The van der Waals surface area contributed by atoms with Crippen molar-refractivity contribution in [3.05, 3.63) is 41.7 Å². The van der Waals surface area contributed by atoms with Gasteiger partial charge in [-0.15, -0.1) is 0 Å². The second kappa shape index (κ2) is 6.55. The van der Waals surface area contributed by atoms with E-state index in [4.69, 9.17) is 0 Å². The molecule has 0 radical (unpaired) electrons. The lowest BCUT2D eigenvalue weighted by atomic mass is 10.0. The summed E-state index contributed by atoms with van der Waals surface area (Å²) in [5, 5.41) is 7.80. The summed E-state index contributed by atoms with van der Waals surface area (Å²) in [6.07, 6.45) is 3.44. The molecule has 1 aromatic carbocycles. The SMILES string of the molecule is CNS(=O)(=O)c1ccc(-n2ncc3c2-c2sc(NC(C)=O)nc2CC3)cc1. The molecular formula is C17H17N5O3S2. The van der Waals surface area contributed by atoms with Gasteiger partial charge >= 0.3 is 0 Å². The van der Waals surface area contributed by atoms with E-state index in [1.165, 1.54) is 25.3 Å². The summed E-state index contributed by atoms with van der Waals surface area (Å²) in [6.45, 7) is 1.46. The fraction of sp³-hybridized carbons (Fsp3) is 0.235. The van der Waals surface area contributed by atoms with Crippen molar-refractivity contribution in [3.63, 3.8) is 0 Å². The van der Waals surface area contributed by atoms with Gasteiger partial charge in [0.25, 0.3) is 0 Å². The van der Waals surface area contributed by atoms with Crippen LogP contribution in [0.3, 0.4) is 0 Å². The van der Waals surface area contributed by atoms with Gasteiger partial charge in [0.15, 0.2) is 5.13 Å². The number of thiazole rings is 1. The van der Waals surface area contributed by atoms with Crippen LogP contribution in [0.4, 0.5) is 5.13 Å². The molecule has 0 atom stereocenters. The molecule has 0 fully saturated rings. The van der Waals surface area contributed by atoms with Crippen molar-refractivity contribution < 1.29 is 13.2 Å². The van der Waals surface area contributed by atoms with Crippen molar-refractivity contribution in [3.8, 4) is 16.3 Å². The highest BCUT2D eigenvalue weighted by molar-refractivity contribution is 7.89. The summed E-state index contributed by atoms with van der Waals surface area (Å²) in [4.78, 5) is 17.0. The topological polar surface area (TPSA) is 106 Å². The van der Waals surface area contributed by atoms with E-state index in [0.29, 0.717) is 5.13 Å². The summed E-state index contributed by atoms with van der Waals surface area (Å²) in [5.41, 5.74) is 3.74. The molecule has 2 heterocycles. The molecule has 1 aliphatic carbocycles. The van der Waals surface area contributed by atoms with Crippen LogP contribution >= 0.6 is 11.3 Å². The summed E-state index contributed by atoms with van der Waals surface area (Å²) in [7, 11) is -2.11. The number of benzene rings is 1. The Morgan fingerprint density at radius 3 is 2.63 bits per heavy atom. The third-order valence-electron chi connectivity index (χ3n) is 4.33. The van der Waals surface area contributed by atoms with Crippen LogP contribution in [0.2, 0.25) is 0 Å². The molecule has 0 saturated carbocycles. The Morgan fingerprint density at radius 1 is 1.22 bits per heavy atom. The fourth-order valence-corrected chi connectivity index (χ4v) is 4.90. The van der Waals surface area contributed by atoms with Crippen molar-refractivity contribution >= 4 is 32.4 Å². The van der Waals surface area contributed by atoms with E-state index in [2.05, 4.69) is 20.1 Å². The monoisotopic (exact) mass is 403 g/mol. The molecule has 27 heavy (non-hydrogen) atoms. The summed E-state index contributed by atoms with van der Waals surface area (Å²) >= 11 is 1.42. The van der Waals surface area contributed by atoms with Crippen LogP contribution in [0, 0.1) is 0 Å². The minimum absolute atomic E-state index is 0.156. The quantitative estimate of drug-likeness (QED) is 0.693. The van der Waals surface area contributed by atoms with E-state index < -0.39 is 10.0 Å². The summed E-state index contributed by atoms with van der Waals surface area (Å²) < 4.78 is 27.9. The van der Waals surface area contributed by atoms with Crippen LogP contribution in [0.5, 0.6) is 0 Å². The number of hydrogen-bond donors (Lipinski definition) is 2. The molecule has 8 nitrogen and oxygen atoms in total. The van der Waals surface area contributed by atoms with Crippen LogP contribution in [0.1, 0.15) is 18.2 Å². The zero-order valence-electron chi connectivity index (χ0n) is 14.7. The van der Waals surface area contributed by atoms with Crippen LogP contribution in [0.25, 0.3) is 16.3 Å². The number of aryl methyl sites for hydroxylation is 2. The number of nitrogens with zero attached hydrogens (tertiary/aromatic N) is 3. The van der Waals surface area contributed by atoms with Crippen molar-refractivity contribution in [1.82, 2.24) is 19.5 Å². The van der Waals surface area contributed by atoms with Crippen LogP contribution < -0.4 is 10.0 Å². The molecule has 4 rings (SSSR count). The lowest BCUT2D eigenvalue weighted by Crippen LogP contribution is -2.18. The molecule has 0 unspecified atom stereocenters. The predicted octanol–water partition coefficient (Wildman–Crippen LogP) is 1.96. The predicted molar refractivity (Wildman–Crippen MR) is 103 cm³/mol. The summed E-state index contributed by atoms with van der Waals surface area (Å²) in [6, 6.07) is 6.55. The fourth-order valence-electron chi connectivity index (χ4n) is 3.05. The number of nitrogens with one attached hydrogen (secondary N) is 2. The van der Waals surface area contributed by atoms with Gasteiger partial charge in [-0.05, 0) is 49.7 Å². The minimum Gasteiger partial charge on any atom is -0.302 e. The number of amides is 1. The molecule has 2 N–H and O–H groups in total. The number of fused-ring (bicyclic) bond motifs is 3. The first-order valence-electron chi connectivity index (χ1n) is 8.27. The first kappa shape index (κ1) is 17.8. The number of rotatable bonds is 4. The van der Waals surface area contributed by atoms with Crippen molar-refractivity contribution in [1.29, 1.82) is 0 Å². The highest BCUT2D eigenvalue weighted by Crippen LogP contribution is 2.40. The van der Waals surface area contributed by atoms with Crippen LogP contribution in [-0.4, -0.2) is 36.1 Å². The van der Waals surface area contributed by atoms with Gasteiger partial charge in [-0.1, -0.05) is 11.3 Å². The normalized spacial score (nSPS) is 13.1. The van der Waals surface area contributed by atoms with E-state index in [0.717, 1.165) is 40.4 Å². The molecule has 1 amide bonds. The highest BCUT2D eigenvalue weighted by Gasteiger charge is 2.26. The molecule has 140 valence electrons. The second-order valence-corrected chi connectivity index (χ2v) is 8.99. The van der Waals surface area contributed by atoms with Gasteiger partial charge in [0.2, 0.25) is 15.9 Å². The molecule has 0 bridgehead atoms. The maximum Gasteiger partial charge on any atom is 0.240 e. The van der Waals surface area contributed by atoms with Crippen molar-refractivity contribution in [2.45, 2.75) is 24.7 Å². The van der Waals surface area contributed by atoms with Gasteiger partial charge in [0, 0.05) is 6.92 Å². The third kappa shape index (κ3) is 3.15. The standard InChI is InChI=1S/C17H17N5O3S2/c1-10(23)20-17-21-14-8-3-11-9-19-22(15(11)16(14)26-17)12-4-6-13(7-5-12)27(24,25)18-2/h4-7,9,18H,3,8H2,1-2H3,(H,20,21,23). The first-order valence-corrected chi connectivity index (χ1v) is 10.6. The van der Waals surface area contributed by atoms with Gasteiger partial charge in [0.1, 0.15) is 0 Å². The largest absolute Gasteiger partial charge is 0.302 e. The number of hydrogen-bond acceptors (Lipinski definition) is 6. The Kier molecular flexibility index (Phi) is 4.33. The van der Waals surface area contributed by atoms with E-state index in [9.17, 15) is 13.2 Å². The molecular weight excluding hydrogens is 386 g/mol. The lowest BCUT2D eigenvalue weighted by molar-refractivity contribution is -0.114. The molecule has 3 aromatic rings. The molecule has 10 heteroatoms. The Bertz CT molecular complexity index is 1130. The Morgan fingerprint density at radius 2 is 1.96 bits per heavy atom. The molecule has 1 aliphatic rings. The zero-order valence-corrected chi connectivity index (χ0v) is 16.3. The number of carbonyl (C=O) groups is 1. The van der Waals surface area contributed by atoms with Crippen molar-refractivity contribution in [2.75, 3.05) is 12.4 Å². The minimum atomic E-state index is -3.49. The Balaban J connectivity index is 1.77. The van der Waals surface area contributed by atoms with E-state index in [1.807, 2.05) is 6.20 Å². The van der Waals surface area contributed by atoms with Gasteiger partial charge in [-0.2, -0.15) is 5.10 Å². The van der Waals surface area contributed by atoms with Crippen LogP contribution in [0.15, 0.2) is 35.4 Å². The molecule has 0 aliphatic heterocycles. The van der Waals surface area contributed by atoms with E-state index >= 15 is 0 Å². The zero-order chi connectivity index (χ0) is 19.2. The average molecular weight is 403 g/mol. The third-order valence-corrected chi connectivity index (χ3v) is 6.78. The lowest BCUT2D eigenvalue weighted by Gasteiger charge is -2.14. The number of sulfonamides is 1. The molecule has 2 aromatic heterocycles. The smallest absolute Gasteiger partial charge is 0.240 e. The average Bonchev–Trinajstić information content (AvgIpc) is 3.24. The maximum atomic E-state index is 11.9. The highest BCUT2D eigenvalue weighted by atomic mass is 32.2. The molecule has 0 saturated heterocycles. The summed E-state index contributed by atoms with van der Waals surface area (Å²) in [5.74, 6) is -0.156. The van der Waals surface area contributed by atoms with Gasteiger partial charge in [-0.25, -0.2) is 22.8 Å². The number of carbonyl (C=O) groups excluding carboxylic acids is 1. The second-order valence-electron chi connectivity index (χ2n) is 6.11. The van der Waals surface area contributed by atoms with Crippen molar-refractivity contribution in [2.24, 2.45) is 0 Å². The Hall–Kier alpha value is -2.56. The molecule has 0 spiro atoms. The van der Waals surface area contributed by atoms with E-state index in [-0.39, 0.29) is 10.8 Å². The number of aromatic nitrogens is 3. The van der Waals surface area contributed by atoms with Gasteiger partial charge in [-0.3, -0.25) is 4.79 Å².